The highest BCUT2D eigenvalue weighted by atomic mass is 16.2. The molecular weight excluding hydrogens is 120 g/mol. The van der Waals surface area contributed by atoms with E-state index in [1.807, 2.05) is 6.92 Å². The molecule has 2 amide bonds. The molecule has 0 aliphatic carbocycles. The van der Waals surface area contributed by atoms with Crippen molar-refractivity contribution in [1.29, 1.82) is 0 Å². The molecule has 1 heterocycles. The fourth-order valence-corrected chi connectivity index (χ4v) is 0.732. The lowest BCUT2D eigenvalue weighted by molar-refractivity contribution is 0.211. The molecule has 1 aliphatic rings. The van der Waals surface area contributed by atoms with Crippen LogP contribution in [0.4, 0.5) is 4.79 Å². The summed E-state index contributed by atoms with van der Waals surface area (Å²) in [6.45, 7) is 1.82. The third kappa shape index (κ3) is 1.55. The number of rotatable bonds is 0. The van der Waals surface area contributed by atoms with Gasteiger partial charge in [0.05, 0.1) is 6.17 Å². The first-order valence-corrected chi connectivity index (χ1v) is 2.77. The van der Waals surface area contributed by atoms with Gasteiger partial charge in [-0.15, -0.1) is 0 Å². The van der Waals surface area contributed by atoms with E-state index in [2.05, 4.69) is 16.0 Å². The van der Waals surface area contributed by atoms with E-state index in [0.717, 1.165) is 0 Å². The van der Waals surface area contributed by atoms with E-state index >= 15 is 0 Å². The lowest BCUT2D eigenvalue weighted by Gasteiger charge is -2.27. The molecule has 0 bridgehead atoms. The number of amides is 2. The molecule has 5 heteroatoms. The Kier molecular flexibility index (Phi) is 1.54. The van der Waals surface area contributed by atoms with Crippen molar-refractivity contribution in [2.45, 2.75) is 19.4 Å². The van der Waals surface area contributed by atoms with Crippen LogP contribution in [0.1, 0.15) is 6.92 Å². The maximum Gasteiger partial charge on any atom is 0.318 e. The molecule has 2 unspecified atom stereocenters. The largest absolute Gasteiger partial charge is 0.323 e. The second-order valence-electron chi connectivity index (χ2n) is 1.98. The van der Waals surface area contributed by atoms with Gasteiger partial charge in [-0.1, -0.05) is 0 Å². The van der Waals surface area contributed by atoms with Gasteiger partial charge in [-0.3, -0.25) is 11.1 Å². The van der Waals surface area contributed by atoms with Crippen molar-refractivity contribution in [1.82, 2.24) is 16.0 Å². The van der Waals surface area contributed by atoms with Crippen LogP contribution in [0.5, 0.6) is 0 Å². The summed E-state index contributed by atoms with van der Waals surface area (Å²) in [5.41, 5.74) is 5.33. The van der Waals surface area contributed by atoms with Crippen molar-refractivity contribution < 1.29 is 4.79 Å². The predicted octanol–water partition coefficient (Wildman–Crippen LogP) is -1.52. The zero-order valence-corrected chi connectivity index (χ0v) is 5.14. The fraction of sp³-hybridized carbons (Fsp3) is 0.750. The van der Waals surface area contributed by atoms with Crippen molar-refractivity contribution in [2.75, 3.05) is 0 Å². The minimum atomic E-state index is -0.422. The Labute approximate surface area is 53.0 Å². The molecule has 9 heavy (non-hydrogen) atoms. The first-order valence-electron chi connectivity index (χ1n) is 2.77. The van der Waals surface area contributed by atoms with Gasteiger partial charge >= 0.3 is 6.03 Å². The Bertz CT molecular complexity index is 114. The predicted molar refractivity (Wildman–Crippen MR) is 32.2 cm³/mol. The molecule has 1 saturated heterocycles. The van der Waals surface area contributed by atoms with Crippen molar-refractivity contribution in [3.8, 4) is 0 Å². The average Bonchev–Trinajstić information content (AvgIpc) is 1.59. The molecule has 0 aromatic heterocycles. The van der Waals surface area contributed by atoms with Crippen LogP contribution in [0.25, 0.3) is 0 Å². The van der Waals surface area contributed by atoms with E-state index in [1.54, 1.807) is 0 Å². The Hall–Kier alpha value is -0.810. The molecule has 0 aromatic rings. The molecule has 0 aromatic carbocycles. The van der Waals surface area contributed by atoms with Gasteiger partial charge in [0.15, 0.2) is 0 Å². The van der Waals surface area contributed by atoms with Gasteiger partial charge in [-0.05, 0) is 6.92 Å². The van der Waals surface area contributed by atoms with Crippen LogP contribution in [-0.2, 0) is 0 Å². The third-order valence-electron chi connectivity index (χ3n) is 1.06. The first-order chi connectivity index (χ1) is 4.18. The van der Waals surface area contributed by atoms with Gasteiger partial charge in [-0.2, -0.15) is 0 Å². The molecule has 2 atom stereocenters. The summed E-state index contributed by atoms with van der Waals surface area (Å²) in [7, 11) is 0. The number of nitrogens with one attached hydrogen (secondary N) is 3. The summed E-state index contributed by atoms with van der Waals surface area (Å²) in [6, 6.07) is -0.228. The highest BCUT2D eigenvalue weighted by molar-refractivity contribution is 5.75. The normalized spacial score (nSPS) is 35.1. The van der Waals surface area contributed by atoms with E-state index in [4.69, 9.17) is 5.73 Å². The molecule has 1 fully saturated rings. The highest BCUT2D eigenvalue weighted by Gasteiger charge is 2.17. The minimum absolute atomic E-state index is 0.0475. The molecule has 1 rings (SSSR count). The average molecular weight is 130 g/mol. The molecule has 5 nitrogen and oxygen atoms in total. The number of hydrogen-bond acceptors (Lipinski definition) is 3. The second-order valence-corrected chi connectivity index (χ2v) is 1.98. The van der Waals surface area contributed by atoms with Crippen LogP contribution < -0.4 is 21.7 Å². The molecule has 0 saturated carbocycles. The minimum Gasteiger partial charge on any atom is -0.323 e. The number of nitrogens with two attached hydrogens (primary N) is 1. The second kappa shape index (κ2) is 2.20. The van der Waals surface area contributed by atoms with E-state index in [1.165, 1.54) is 0 Å². The molecular formula is C4H10N4O. The smallest absolute Gasteiger partial charge is 0.318 e. The SMILES string of the molecule is CC1NC(=O)NC(N)N1. The summed E-state index contributed by atoms with van der Waals surface area (Å²) in [6.07, 6.45) is -0.470. The molecule has 0 radical (unpaired) electrons. The zero-order chi connectivity index (χ0) is 6.85. The highest BCUT2D eigenvalue weighted by Crippen LogP contribution is 1.82. The standard InChI is InChI=1S/C4H10N4O/c1-2-6-3(5)8-4(9)7-2/h2-3,6H,5H2,1H3,(H2,7,8,9). The Balaban J connectivity index is 2.43. The van der Waals surface area contributed by atoms with E-state index in [9.17, 15) is 4.79 Å². The maximum absolute atomic E-state index is 10.5. The monoisotopic (exact) mass is 130 g/mol. The summed E-state index contributed by atoms with van der Waals surface area (Å²) in [5.74, 6) is 0. The number of urea groups is 1. The number of hydrogen-bond donors (Lipinski definition) is 4. The Morgan fingerprint density at radius 1 is 1.56 bits per heavy atom. The summed E-state index contributed by atoms with van der Waals surface area (Å²) >= 11 is 0. The van der Waals surface area contributed by atoms with Crippen LogP contribution in [0, 0.1) is 0 Å². The summed E-state index contributed by atoms with van der Waals surface area (Å²) < 4.78 is 0. The quantitative estimate of drug-likeness (QED) is 0.321. The first kappa shape index (κ1) is 6.31. The molecule has 52 valence electrons. The van der Waals surface area contributed by atoms with Crippen molar-refractivity contribution >= 4 is 6.03 Å². The lowest BCUT2D eigenvalue weighted by Crippen LogP contribution is -2.66. The summed E-state index contributed by atoms with van der Waals surface area (Å²) in [5, 5.41) is 7.84. The van der Waals surface area contributed by atoms with Gasteiger partial charge in [-0.25, -0.2) is 4.79 Å². The van der Waals surface area contributed by atoms with Gasteiger partial charge < -0.3 is 10.6 Å². The van der Waals surface area contributed by atoms with Crippen LogP contribution in [0.3, 0.4) is 0 Å². The maximum atomic E-state index is 10.5. The van der Waals surface area contributed by atoms with Gasteiger partial charge in [0.25, 0.3) is 0 Å². The van der Waals surface area contributed by atoms with Gasteiger partial charge in [0, 0.05) is 0 Å². The van der Waals surface area contributed by atoms with Crippen LogP contribution in [0.2, 0.25) is 0 Å². The fourth-order valence-electron chi connectivity index (χ4n) is 0.732. The lowest BCUT2D eigenvalue weighted by atomic mass is 10.5. The van der Waals surface area contributed by atoms with Crippen molar-refractivity contribution in [2.24, 2.45) is 5.73 Å². The van der Waals surface area contributed by atoms with E-state index < -0.39 is 6.29 Å². The summed E-state index contributed by atoms with van der Waals surface area (Å²) in [4.78, 5) is 10.5. The molecule has 1 aliphatic heterocycles. The van der Waals surface area contributed by atoms with Gasteiger partial charge in [0.1, 0.15) is 6.29 Å². The van der Waals surface area contributed by atoms with E-state index in [0.29, 0.717) is 0 Å². The Morgan fingerprint density at radius 2 is 2.22 bits per heavy atom. The molecule has 5 N–H and O–H groups in total. The van der Waals surface area contributed by atoms with Crippen LogP contribution in [-0.4, -0.2) is 18.5 Å². The van der Waals surface area contributed by atoms with Crippen molar-refractivity contribution in [3.05, 3.63) is 0 Å². The van der Waals surface area contributed by atoms with Crippen LogP contribution in [0.15, 0.2) is 0 Å². The zero-order valence-electron chi connectivity index (χ0n) is 5.14. The Morgan fingerprint density at radius 3 is 2.67 bits per heavy atom. The van der Waals surface area contributed by atoms with Gasteiger partial charge in [0.2, 0.25) is 0 Å². The van der Waals surface area contributed by atoms with Crippen LogP contribution >= 0.6 is 0 Å². The molecule has 0 spiro atoms. The topological polar surface area (TPSA) is 79.2 Å². The number of carbonyl (C=O) groups excluding carboxylic acids is 1. The third-order valence-corrected chi connectivity index (χ3v) is 1.06. The number of carbonyl (C=O) groups is 1. The van der Waals surface area contributed by atoms with Crippen molar-refractivity contribution in [3.63, 3.8) is 0 Å². The van der Waals surface area contributed by atoms with E-state index in [-0.39, 0.29) is 12.2 Å².